The average Bonchev–Trinajstić information content (AvgIpc) is 2.25. The van der Waals surface area contributed by atoms with Gasteiger partial charge in [0.15, 0.2) is 11.5 Å². The molecular weight excluding hydrogens is 220 g/mol. The molecule has 0 spiro atoms. The number of carbonyl (C=O) groups is 1. The zero-order valence-corrected chi connectivity index (χ0v) is 9.93. The molecule has 0 radical (unpaired) electrons. The summed E-state index contributed by atoms with van der Waals surface area (Å²) in [5.74, 6) is -0.0400. The summed E-state index contributed by atoms with van der Waals surface area (Å²) in [6, 6.07) is 4.86. The summed E-state index contributed by atoms with van der Waals surface area (Å²) in [6.07, 6.45) is 0. The molecule has 1 aliphatic rings. The van der Waals surface area contributed by atoms with Crippen LogP contribution in [-0.4, -0.2) is 41.7 Å². The van der Waals surface area contributed by atoms with Gasteiger partial charge in [-0.1, -0.05) is 6.07 Å². The van der Waals surface area contributed by atoms with Crippen LogP contribution in [0.25, 0.3) is 0 Å². The number of hydrogen-bond acceptors (Lipinski definition) is 4. The minimum Gasteiger partial charge on any atom is -0.504 e. The van der Waals surface area contributed by atoms with Gasteiger partial charge in [0.2, 0.25) is 0 Å². The van der Waals surface area contributed by atoms with Gasteiger partial charge in [0.25, 0.3) is 5.91 Å². The lowest BCUT2D eigenvalue weighted by Gasteiger charge is -2.45. The van der Waals surface area contributed by atoms with E-state index in [1.54, 1.807) is 23.1 Å². The Balaban J connectivity index is 2.21. The first kappa shape index (κ1) is 11.7. The molecule has 17 heavy (non-hydrogen) atoms. The Hall–Kier alpha value is -1.75. The molecule has 0 atom stereocenters. The van der Waals surface area contributed by atoms with Crippen molar-refractivity contribution in [3.05, 3.63) is 23.8 Å². The van der Waals surface area contributed by atoms with Crippen molar-refractivity contribution in [3.8, 4) is 11.5 Å². The van der Waals surface area contributed by atoms with Gasteiger partial charge in [-0.05, 0) is 19.1 Å². The minimum absolute atomic E-state index is 0.120. The number of amides is 1. The number of carbonyl (C=O) groups excluding carboxylic acids is 1. The smallest absolute Gasteiger partial charge is 0.257 e. The van der Waals surface area contributed by atoms with Gasteiger partial charge in [-0.25, -0.2) is 0 Å². The number of aromatic hydroxyl groups is 1. The number of benzene rings is 1. The predicted molar refractivity (Wildman–Crippen MR) is 63.2 cm³/mol. The molecule has 1 fully saturated rings. The third-order valence-electron chi connectivity index (χ3n) is 2.84. The Kier molecular flexibility index (Phi) is 2.71. The number of para-hydroxylation sites is 1. The molecule has 0 unspecified atom stereocenters. The molecule has 0 saturated carbocycles. The molecule has 1 amide bonds. The third-order valence-corrected chi connectivity index (χ3v) is 2.84. The molecule has 1 heterocycles. The molecule has 3 N–H and O–H groups in total. The van der Waals surface area contributed by atoms with Crippen molar-refractivity contribution < 1.29 is 14.6 Å². The van der Waals surface area contributed by atoms with Crippen LogP contribution in [0.2, 0.25) is 0 Å². The van der Waals surface area contributed by atoms with E-state index in [4.69, 9.17) is 10.5 Å². The second-order valence-corrected chi connectivity index (χ2v) is 4.67. The fourth-order valence-electron chi connectivity index (χ4n) is 2.00. The third kappa shape index (κ3) is 2.06. The zero-order chi connectivity index (χ0) is 12.6. The number of nitrogens with zero attached hydrogens (tertiary/aromatic N) is 1. The Bertz CT molecular complexity index is 449. The first-order valence-electron chi connectivity index (χ1n) is 5.39. The Morgan fingerprint density at radius 1 is 1.53 bits per heavy atom. The number of methoxy groups -OCH3 is 1. The van der Waals surface area contributed by atoms with Crippen molar-refractivity contribution >= 4 is 5.91 Å². The van der Waals surface area contributed by atoms with Crippen molar-refractivity contribution in [2.24, 2.45) is 5.73 Å². The molecule has 0 bridgehead atoms. The number of likely N-dealkylation sites (tertiary alicyclic amines) is 1. The van der Waals surface area contributed by atoms with E-state index in [9.17, 15) is 9.90 Å². The number of nitrogens with two attached hydrogens (primary N) is 1. The Morgan fingerprint density at radius 3 is 2.71 bits per heavy atom. The molecule has 1 aliphatic heterocycles. The Morgan fingerprint density at radius 2 is 2.18 bits per heavy atom. The van der Waals surface area contributed by atoms with Gasteiger partial charge in [-0.2, -0.15) is 0 Å². The lowest BCUT2D eigenvalue weighted by Crippen LogP contribution is -2.66. The summed E-state index contributed by atoms with van der Waals surface area (Å²) in [6.45, 7) is 2.90. The maximum atomic E-state index is 12.1. The second kappa shape index (κ2) is 3.92. The summed E-state index contributed by atoms with van der Waals surface area (Å²) in [5, 5.41) is 9.85. The van der Waals surface area contributed by atoms with Crippen molar-refractivity contribution in [1.82, 2.24) is 4.90 Å². The summed E-state index contributed by atoms with van der Waals surface area (Å²) in [4.78, 5) is 13.7. The van der Waals surface area contributed by atoms with E-state index in [1.807, 2.05) is 6.92 Å². The van der Waals surface area contributed by atoms with Gasteiger partial charge in [0.05, 0.1) is 12.7 Å². The monoisotopic (exact) mass is 236 g/mol. The van der Waals surface area contributed by atoms with Gasteiger partial charge in [-0.15, -0.1) is 0 Å². The maximum absolute atomic E-state index is 12.1. The number of phenolic OH excluding ortho intramolecular Hbond substituents is 1. The first-order chi connectivity index (χ1) is 7.94. The molecule has 1 saturated heterocycles. The first-order valence-corrected chi connectivity index (χ1v) is 5.39. The van der Waals surface area contributed by atoms with Crippen LogP contribution < -0.4 is 10.5 Å². The van der Waals surface area contributed by atoms with E-state index in [1.165, 1.54) is 7.11 Å². The molecule has 1 aromatic rings. The largest absolute Gasteiger partial charge is 0.504 e. The fraction of sp³-hybridized carbons (Fsp3) is 0.417. The molecule has 92 valence electrons. The Labute approximate surface area is 99.8 Å². The van der Waals surface area contributed by atoms with Crippen LogP contribution in [0, 0.1) is 0 Å². The van der Waals surface area contributed by atoms with Gasteiger partial charge in [0.1, 0.15) is 0 Å². The van der Waals surface area contributed by atoms with Crippen LogP contribution in [0.3, 0.4) is 0 Å². The SMILES string of the molecule is COc1cccc(C(=O)N2CC(C)(N)C2)c1O. The molecular formula is C12H16N2O3. The molecule has 2 rings (SSSR count). The average molecular weight is 236 g/mol. The number of hydrogen-bond donors (Lipinski definition) is 2. The summed E-state index contributed by atoms with van der Waals surface area (Å²) in [5.41, 5.74) is 5.78. The molecule has 5 heteroatoms. The highest BCUT2D eigenvalue weighted by atomic mass is 16.5. The van der Waals surface area contributed by atoms with Crippen molar-refractivity contribution in [1.29, 1.82) is 0 Å². The fourth-order valence-corrected chi connectivity index (χ4v) is 2.00. The van der Waals surface area contributed by atoms with Crippen LogP contribution in [0.4, 0.5) is 0 Å². The van der Waals surface area contributed by atoms with Gasteiger partial charge < -0.3 is 20.5 Å². The van der Waals surface area contributed by atoms with E-state index < -0.39 is 0 Å². The highest BCUT2D eigenvalue weighted by molar-refractivity contribution is 5.98. The van der Waals surface area contributed by atoms with Gasteiger partial charge >= 0.3 is 0 Å². The van der Waals surface area contributed by atoms with E-state index >= 15 is 0 Å². The van der Waals surface area contributed by atoms with Crippen LogP contribution in [-0.2, 0) is 0 Å². The van der Waals surface area contributed by atoms with Crippen LogP contribution in [0.1, 0.15) is 17.3 Å². The minimum atomic E-state index is -0.315. The van der Waals surface area contributed by atoms with Crippen LogP contribution >= 0.6 is 0 Å². The van der Waals surface area contributed by atoms with Crippen molar-refractivity contribution in [2.75, 3.05) is 20.2 Å². The van der Waals surface area contributed by atoms with E-state index in [2.05, 4.69) is 0 Å². The standard InChI is InChI=1S/C12H16N2O3/c1-12(13)6-14(7-12)11(16)8-4-3-5-9(17-2)10(8)15/h3-5,15H,6-7,13H2,1-2H3. The van der Waals surface area contributed by atoms with Crippen LogP contribution in [0.5, 0.6) is 11.5 Å². The topological polar surface area (TPSA) is 75.8 Å². The maximum Gasteiger partial charge on any atom is 0.257 e. The zero-order valence-electron chi connectivity index (χ0n) is 9.93. The summed E-state index contributed by atoms with van der Waals surface area (Å²) < 4.78 is 4.96. The molecule has 1 aromatic carbocycles. The highest BCUT2D eigenvalue weighted by Crippen LogP contribution is 2.31. The predicted octanol–water partition coefficient (Wildman–Crippen LogP) is 0.574. The number of phenols is 1. The lowest BCUT2D eigenvalue weighted by atomic mass is 9.93. The van der Waals surface area contributed by atoms with E-state index in [0.717, 1.165) is 0 Å². The molecule has 0 aliphatic carbocycles. The highest BCUT2D eigenvalue weighted by Gasteiger charge is 2.38. The molecule has 5 nitrogen and oxygen atoms in total. The van der Waals surface area contributed by atoms with Crippen molar-refractivity contribution in [2.45, 2.75) is 12.5 Å². The van der Waals surface area contributed by atoms with E-state index in [0.29, 0.717) is 18.8 Å². The second-order valence-electron chi connectivity index (χ2n) is 4.67. The van der Waals surface area contributed by atoms with Gasteiger partial charge in [-0.3, -0.25) is 4.79 Å². The van der Waals surface area contributed by atoms with Crippen LogP contribution in [0.15, 0.2) is 18.2 Å². The normalized spacial score (nSPS) is 17.5. The summed E-state index contributed by atoms with van der Waals surface area (Å²) in [7, 11) is 1.45. The molecule has 0 aromatic heterocycles. The lowest BCUT2D eigenvalue weighted by molar-refractivity contribution is 0.0450. The number of ether oxygens (including phenoxy) is 1. The summed E-state index contributed by atoms with van der Waals surface area (Å²) >= 11 is 0. The quantitative estimate of drug-likeness (QED) is 0.787. The van der Waals surface area contributed by atoms with Crippen molar-refractivity contribution in [3.63, 3.8) is 0 Å². The number of rotatable bonds is 2. The van der Waals surface area contributed by atoms with Gasteiger partial charge in [0, 0.05) is 18.6 Å². The van der Waals surface area contributed by atoms with E-state index in [-0.39, 0.29) is 22.8 Å².